The molecule has 1 unspecified atom stereocenters. The van der Waals surface area contributed by atoms with Crippen molar-refractivity contribution in [2.45, 2.75) is 44.8 Å². The van der Waals surface area contributed by atoms with E-state index in [1.54, 1.807) is 6.92 Å². The van der Waals surface area contributed by atoms with Crippen molar-refractivity contribution in [1.82, 2.24) is 51.9 Å². The molecule has 386 valence electrons. The Morgan fingerprint density at radius 2 is 1.21 bits per heavy atom. The highest BCUT2D eigenvalue weighted by molar-refractivity contribution is 8.76. The predicted molar refractivity (Wildman–Crippen MR) is 241 cm³/mol. The SMILES string of the molecule is CC(=O)NCC(=O)NCCOCCN.C[C@@H]1CSSCC(NC(=O)CNC(=O)CNC(=O)CC[C@@H](C(=O)O)N(CCN(CC(=O)O)CC(=O)O)CCN(CC(=O)O)CC(=O)O)C(=O)NCC(=O)N1. The van der Waals surface area contributed by atoms with E-state index in [4.69, 9.17) is 30.9 Å². The number of hydrogen-bond donors (Lipinski definition) is 13. The summed E-state index contributed by atoms with van der Waals surface area (Å²) in [6, 6.07) is -2.62. The van der Waals surface area contributed by atoms with Crippen molar-refractivity contribution in [1.29, 1.82) is 0 Å². The van der Waals surface area contributed by atoms with Gasteiger partial charge in [0, 0.05) is 70.2 Å². The standard InChI is InChI=1S/C29H46N8O15S2.C8H17N3O3/c1-17-15-53-54-16-18(28(50)32-10-22(40)33-17)34-23(41)9-31-21(39)8-30-20(38)3-2-19(29(51)52)37(6-4-35(11-24(42)43)12-25(44)45)7-5-36(13-26(46)47)14-27(48)49;1-7(12)11-6-8(13)10-3-5-14-4-2-9/h17-19H,2-16H2,1H3,(H,30,38)(H,31,39)(H,32,50)(H,33,40)(H,34,41)(H,42,43)(H,44,45)(H,46,47)(H,48,49)(H,51,52);2-6,9H2,1H3,(H,10,13)(H,11,12)/t17-,18?,19+;/m1./s1. The minimum atomic E-state index is -1.47. The van der Waals surface area contributed by atoms with E-state index >= 15 is 0 Å². The number of carbonyl (C=O) groups is 12. The predicted octanol–water partition coefficient (Wildman–Crippen LogP) is -6.59. The molecule has 1 heterocycles. The number of aliphatic carboxylic acids is 5. The van der Waals surface area contributed by atoms with E-state index in [1.165, 1.54) is 33.4 Å². The summed E-state index contributed by atoms with van der Waals surface area (Å²) < 4.78 is 5.03. The van der Waals surface area contributed by atoms with Crippen LogP contribution >= 0.6 is 21.6 Å². The van der Waals surface area contributed by atoms with E-state index in [1.807, 2.05) is 0 Å². The number of amides is 7. The third kappa shape index (κ3) is 33.6. The first-order chi connectivity index (χ1) is 32.0. The second-order valence-corrected chi connectivity index (χ2v) is 17.1. The highest BCUT2D eigenvalue weighted by Crippen LogP contribution is 2.23. The Bertz CT molecular complexity index is 1640. The fourth-order valence-electron chi connectivity index (χ4n) is 5.46. The average Bonchev–Trinajstić information content (AvgIpc) is 3.26. The van der Waals surface area contributed by atoms with Crippen molar-refractivity contribution in [2.24, 2.45) is 5.73 Å². The fraction of sp³-hybridized carbons (Fsp3) is 0.676. The van der Waals surface area contributed by atoms with Crippen molar-refractivity contribution < 1.29 is 87.8 Å². The van der Waals surface area contributed by atoms with Crippen LogP contribution in [0.2, 0.25) is 0 Å². The molecule has 1 aliphatic rings. The molecule has 29 nitrogen and oxygen atoms in total. The number of nitrogens with zero attached hydrogens (tertiary/aromatic N) is 3. The van der Waals surface area contributed by atoms with Crippen LogP contribution in [0.15, 0.2) is 0 Å². The van der Waals surface area contributed by atoms with Crippen LogP contribution in [-0.4, -0.2) is 246 Å². The normalized spacial score (nSPS) is 15.5. The Balaban J connectivity index is 0.00000275. The van der Waals surface area contributed by atoms with E-state index in [2.05, 4.69) is 37.2 Å². The first-order valence-electron chi connectivity index (χ1n) is 20.7. The zero-order valence-corrected chi connectivity index (χ0v) is 39.3. The number of ether oxygens (including phenoxy) is 1. The highest BCUT2D eigenvalue weighted by atomic mass is 33.1. The van der Waals surface area contributed by atoms with Crippen LogP contribution in [0, 0.1) is 0 Å². The monoisotopic (exact) mass is 1010 g/mol. The van der Waals surface area contributed by atoms with Crippen LogP contribution in [0.5, 0.6) is 0 Å². The maximum absolute atomic E-state index is 12.6. The number of carboxylic acid groups (broad SMARTS) is 5. The van der Waals surface area contributed by atoms with Crippen molar-refractivity contribution in [3.05, 3.63) is 0 Å². The maximum Gasteiger partial charge on any atom is 0.320 e. The molecule has 3 atom stereocenters. The van der Waals surface area contributed by atoms with Gasteiger partial charge in [-0.1, -0.05) is 21.6 Å². The molecule has 0 radical (unpaired) electrons. The van der Waals surface area contributed by atoms with Crippen molar-refractivity contribution in [3.8, 4) is 0 Å². The van der Waals surface area contributed by atoms with Gasteiger partial charge in [0.05, 0.1) is 65.6 Å². The Hall–Kier alpha value is -5.86. The highest BCUT2D eigenvalue weighted by Gasteiger charge is 2.29. The summed E-state index contributed by atoms with van der Waals surface area (Å²) in [5.41, 5.74) is 5.19. The molecule has 31 heteroatoms. The fourth-order valence-corrected chi connectivity index (χ4v) is 7.91. The summed E-state index contributed by atoms with van der Waals surface area (Å²) in [7, 11) is 2.70. The molecule has 0 spiro atoms. The van der Waals surface area contributed by atoms with Crippen LogP contribution in [0.25, 0.3) is 0 Å². The first kappa shape index (κ1) is 62.1. The molecule has 0 aromatic carbocycles. The van der Waals surface area contributed by atoms with E-state index < -0.39 is 117 Å². The van der Waals surface area contributed by atoms with Gasteiger partial charge in [-0.2, -0.15) is 0 Å². The van der Waals surface area contributed by atoms with Crippen LogP contribution in [0.1, 0.15) is 26.7 Å². The van der Waals surface area contributed by atoms with Crippen LogP contribution in [-0.2, 0) is 62.3 Å². The van der Waals surface area contributed by atoms with Gasteiger partial charge in [-0.3, -0.25) is 72.2 Å². The number of carbonyl (C=O) groups excluding carboxylic acids is 7. The largest absolute Gasteiger partial charge is 0.480 e. The van der Waals surface area contributed by atoms with Gasteiger partial charge in [0.15, 0.2) is 0 Å². The molecule has 0 saturated carbocycles. The van der Waals surface area contributed by atoms with Crippen molar-refractivity contribution >= 4 is 92.8 Å². The average molecular weight is 1010 g/mol. The molecule has 0 aliphatic carbocycles. The van der Waals surface area contributed by atoms with E-state index in [0.29, 0.717) is 32.1 Å². The van der Waals surface area contributed by atoms with Gasteiger partial charge in [0.25, 0.3) is 0 Å². The third-order valence-electron chi connectivity index (χ3n) is 8.55. The molecular formula is C37H63N11O18S2. The van der Waals surface area contributed by atoms with Gasteiger partial charge in [-0.05, 0) is 13.3 Å². The summed E-state index contributed by atoms with van der Waals surface area (Å²) in [4.78, 5) is 144. The van der Waals surface area contributed by atoms with Crippen molar-refractivity contribution in [3.63, 3.8) is 0 Å². The molecule has 68 heavy (non-hydrogen) atoms. The van der Waals surface area contributed by atoms with Gasteiger partial charge in [-0.25, -0.2) is 0 Å². The lowest BCUT2D eigenvalue weighted by Gasteiger charge is -2.32. The second-order valence-electron chi connectivity index (χ2n) is 14.5. The number of rotatable bonds is 31. The first-order valence-corrected chi connectivity index (χ1v) is 23.2. The lowest BCUT2D eigenvalue weighted by atomic mass is 10.1. The maximum atomic E-state index is 12.6. The number of nitrogens with one attached hydrogen (secondary N) is 7. The van der Waals surface area contributed by atoms with Gasteiger partial charge in [0.1, 0.15) is 12.1 Å². The number of hydrogen-bond acceptors (Lipinski definition) is 19. The zero-order valence-electron chi connectivity index (χ0n) is 37.7. The van der Waals surface area contributed by atoms with Gasteiger partial charge in [0.2, 0.25) is 41.4 Å². The molecule has 1 rings (SSSR count). The summed E-state index contributed by atoms with van der Waals surface area (Å²) in [6.07, 6.45) is -0.854. The third-order valence-corrected chi connectivity index (χ3v) is 11.1. The molecule has 1 fully saturated rings. The van der Waals surface area contributed by atoms with Crippen LogP contribution in [0.3, 0.4) is 0 Å². The Morgan fingerprint density at radius 1 is 0.706 bits per heavy atom. The topological polar surface area (TPSA) is 435 Å². The summed E-state index contributed by atoms with van der Waals surface area (Å²) in [5.74, 6) is -9.91. The molecule has 0 aromatic heterocycles. The van der Waals surface area contributed by atoms with Crippen LogP contribution < -0.4 is 43.0 Å². The molecule has 0 aromatic rings. The molecule has 7 amide bonds. The van der Waals surface area contributed by atoms with E-state index in [9.17, 15) is 62.6 Å². The summed E-state index contributed by atoms with van der Waals surface area (Å²) in [6.45, 7) is -0.400. The second kappa shape index (κ2) is 36.2. The Labute approximate surface area is 398 Å². The lowest BCUT2D eigenvalue weighted by molar-refractivity contribution is -0.146. The molecule has 1 saturated heterocycles. The smallest absolute Gasteiger partial charge is 0.320 e. The van der Waals surface area contributed by atoms with Gasteiger partial charge < -0.3 is 73.2 Å². The lowest BCUT2D eigenvalue weighted by Crippen LogP contribution is -2.52. The number of nitrogens with two attached hydrogens (primary N) is 1. The Kier molecular flexibility index (Phi) is 33.1. The molecule has 0 bridgehead atoms. The molecule has 1 aliphatic heterocycles. The summed E-state index contributed by atoms with van der Waals surface area (Å²) in [5, 5.41) is 63.8. The minimum absolute atomic E-state index is 0.00617. The van der Waals surface area contributed by atoms with Crippen molar-refractivity contribution in [2.75, 3.05) is 116 Å². The van der Waals surface area contributed by atoms with Gasteiger partial charge >= 0.3 is 29.8 Å². The van der Waals surface area contributed by atoms with E-state index in [0.717, 1.165) is 9.80 Å². The summed E-state index contributed by atoms with van der Waals surface area (Å²) >= 11 is 0. The Morgan fingerprint density at radius 3 is 1.72 bits per heavy atom. The minimum Gasteiger partial charge on any atom is -0.480 e. The molecule has 14 N–H and O–H groups in total. The zero-order chi connectivity index (χ0) is 51.6. The van der Waals surface area contributed by atoms with Crippen LogP contribution in [0.4, 0.5) is 0 Å². The number of carboxylic acids is 5. The molecular weight excluding hydrogens is 951 g/mol. The van der Waals surface area contributed by atoms with E-state index in [-0.39, 0.29) is 69.3 Å². The van der Waals surface area contributed by atoms with Gasteiger partial charge in [-0.15, -0.1) is 0 Å². The quantitative estimate of drug-likeness (QED) is 0.0227.